The van der Waals surface area contributed by atoms with Crippen LogP contribution in [0.25, 0.3) is 0 Å². The summed E-state index contributed by atoms with van der Waals surface area (Å²) in [6, 6.07) is 13.9. The van der Waals surface area contributed by atoms with Crippen molar-refractivity contribution in [1.82, 2.24) is 4.90 Å². The van der Waals surface area contributed by atoms with Gasteiger partial charge in [0.1, 0.15) is 5.75 Å². The molecule has 0 aromatic heterocycles. The molecule has 8 heteroatoms. The molecule has 28 heavy (non-hydrogen) atoms. The molecule has 1 aliphatic heterocycles. The predicted octanol–water partition coefficient (Wildman–Crippen LogP) is 3.51. The lowest BCUT2D eigenvalue weighted by atomic mass is 10.1. The summed E-state index contributed by atoms with van der Waals surface area (Å²) in [6.07, 6.45) is 0. The van der Waals surface area contributed by atoms with Crippen molar-refractivity contribution in [2.45, 2.75) is 18.8 Å². The van der Waals surface area contributed by atoms with Gasteiger partial charge in [-0.05, 0) is 60.6 Å². The Morgan fingerprint density at radius 3 is 2.61 bits per heavy atom. The zero-order valence-corrected chi connectivity index (χ0v) is 16.3. The number of carbonyl (C=O) groups excluding carboxylic acids is 3. The monoisotopic (exact) mass is 400 g/mol. The van der Waals surface area contributed by atoms with Gasteiger partial charge in [-0.25, -0.2) is 4.79 Å². The van der Waals surface area contributed by atoms with Crippen molar-refractivity contribution in [3.8, 4) is 5.75 Å². The number of benzene rings is 2. The van der Waals surface area contributed by atoms with Crippen molar-refractivity contribution in [3.63, 3.8) is 0 Å². The lowest BCUT2D eigenvalue weighted by Gasteiger charge is -2.15. The van der Waals surface area contributed by atoms with Crippen molar-refractivity contribution < 1.29 is 23.9 Å². The number of rotatable bonds is 7. The number of nitrogens with one attached hydrogen (secondary N) is 1. The molecule has 0 radical (unpaired) electrons. The summed E-state index contributed by atoms with van der Waals surface area (Å²) in [5, 5.41) is 2.03. The van der Waals surface area contributed by atoms with Crippen molar-refractivity contribution >= 4 is 34.6 Å². The first kappa shape index (κ1) is 19.8. The third kappa shape index (κ3) is 4.45. The molecular formula is C20H20N2O5S. The van der Waals surface area contributed by atoms with Crippen LogP contribution in [0, 0.1) is 0 Å². The highest BCUT2D eigenvalue weighted by atomic mass is 32.2. The van der Waals surface area contributed by atoms with E-state index in [9.17, 15) is 14.4 Å². The van der Waals surface area contributed by atoms with Gasteiger partial charge in [0.25, 0.3) is 11.1 Å². The largest absolute Gasteiger partial charge is 0.494 e. The second kappa shape index (κ2) is 8.79. The molecular weight excluding hydrogens is 380 g/mol. The molecule has 1 N–H and O–H groups in total. The molecule has 2 amide bonds. The molecule has 146 valence electrons. The fraction of sp³-hybridized carbons (Fsp3) is 0.250. The fourth-order valence-corrected chi connectivity index (χ4v) is 3.65. The second-order valence-electron chi connectivity index (χ2n) is 5.98. The predicted molar refractivity (Wildman–Crippen MR) is 106 cm³/mol. The Kier molecular flexibility index (Phi) is 6.20. The average molecular weight is 400 g/mol. The highest BCUT2D eigenvalue weighted by molar-refractivity contribution is 8.15. The van der Waals surface area contributed by atoms with Crippen LogP contribution in [-0.4, -0.2) is 41.1 Å². The summed E-state index contributed by atoms with van der Waals surface area (Å²) in [5.74, 6) is -0.0562. The Balaban J connectivity index is 1.67. The first-order valence-electron chi connectivity index (χ1n) is 8.70. The lowest BCUT2D eigenvalue weighted by Crippen LogP contribution is -2.34. The van der Waals surface area contributed by atoms with E-state index in [1.807, 2.05) is 6.92 Å². The maximum absolute atomic E-state index is 12.7. The normalized spacial score (nSPS) is 16.2. The summed E-state index contributed by atoms with van der Waals surface area (Å²) in [5.41, 5.74) is 1.76. The topological polar surface area (TPSA) is 84.9 Å². The Labute approximate surface area is 167 Å². The molecule has 0 spiro atoms. The van der Waals surface area contributed by atoms with Crippen molar-refractivity contribution in [2.24, 2.45) is 0 Å². The average Bonchev–Trinajstić information content (AvgIpc) is 2.96. The van der Waals surface area contributed by atoms with E-state index in [1.54, 1.807) is 48.5 Å². The van der Waals surface area contributed by atoms with Gasteiger partial charge in [0, 0.05) is 5.69 Å². The van der Waals surface area contributed by atoms with E-state index in [0.717, 1.165) is 23.2 Å². The SMILES string of the molecule is CCOc1ccc(N[C@H]2SC(=O)N(Cc3cccc(C(=O)OC)c3)C2=O)cc1. The van der Waals surface area contributed by atoms with Crippen molar-refractivity contribution in [2.75, 3.05) is 19.0 Å². The minimum Gasteiger partial charge on any atom is -0.494 e. The van der Waals surface area contributed by atoms with Crippen molar-refractivity contribution in [3.05, 3.63) is 59.7 Å². The number of hydrogen-bond donors (Lipinski definition) is 1. The van der Waals surface area contributed by atoms with E-state index in [4.69, 9.17) is 9.47 Å². The Morgan fingerprint density at radius 1 is 1.18 bits per heavy atom. The highest BCUT2D eigenvalue weighted by Gasteiger charge is 2.39. The summed E-state index contributed by atoms with van der Waals surface area (Å²) in [6.45, 7) is 2.57. The first-order chi connectivity index (χ1) is 13.5. The van der Waals surface area contributed by atoms with Gasteiger partial charge in [-0.1, -0.05) is 12.1 Å². The van der Waals surface area contributed by atoms with Crippen LogP contribution in [0.15, 0.2) is 48.5 Å². The third-order valence-corrected chi connectivity index (χ3v) is 5.06. The van der Waals surface area contributed by atoms with Crippen LogP contribution in [0.4, 0.5) is 10.5 Å². The van der Waals surface area contributed by atoms with Crippen molar-refractivity contribution in [1.29, 1.82) is 0 Å². The van der Waals surface area contributed by atoms with Gasteiger partial charge in [0.15, 0.2) is 5.37 Å². The number of ether oxygens (including phenoxy) is 2. The number of thioether (sulfide) groups is 1. The maximum Gasteiger partial charge on any atom is 0.337 e. The fourth-order valence-electron chi connectivity index (χ4n) is 2.74. The van der Waals surface area contributed by atoms with E-state index >= 15 is 0 Å². The number of nitrogens with zero attached hydrogens (tertiary/aromatic N) is 1. The first-order valence-corrected chi connectivity index (χ1v) is 9.58. The van der Waals surface area contributed by atoms with E-state index < -0.39 is 11.3 Å². The van der Waals surface area contributed by atoms with E-state index in [-0.39, 0.29) is 17.7 Å². The molecule has 0 bridgehead atoms. The molecule has 1 fully saturated rings. The number of hydrogen-bond acceptors (Lipinski definition) is 7. The smallest absolute Gasteiger partial charge is 0.337 e. The van der Waals surface area contributed by atoms with Gasteiger partial charge in [0.05, 0.1) is 25.8 Å². The summed E-state index contributed by atoms with van der Waals surface area (Å²) in [4.78, 5) is 37.8. The number of methoxy groups -OCH3 is 1. The number of imide groups is 1. The quantitative estimate of drug-likeness (QED) is 0.712. The summed E-state index contributed by atoms with van der Waals surface area (Å²) in [7, 11) is 1.30. The van der Waals surface area contributed by atoms with E-state index in [1.165, 1.54) is 12.0 Å². The standard InChI is InChI=1S/C20H20N2O5S/c1-3-27-16-9-7-15(8-10-16)21-17-18(23)22(20(25)28-17)12-13-5-4-6-14(11-13)19(24)26-2/h4-11,17,21H,3,12H2,1-2H3/t17-/m0/s1. The van der Waals surface area contributed by atoms with E-state index in [2.05, 4.69) is 5.32 Å². The molecule has 1 heterocycles. The molecule has 0 aliphatic carbocycles. The van der Waals surface area contributed by atoms with Crippen LogP contribution in [0.2, 0.25) is 0 Å². The third-order valence-electron chi connectivity index (χ3n) is 4.08. The van der Waals surface area contributed by atoms with Crippen LogP contribution in [-0.2, 0) is 16.1 Å². The van der Waals surface area contributed by atoms with Gasteiger partial charge >= 0.3 is 5.97 Å². The summed E-state index contributed by atoms with van der Waals surface area (Å²) >= 11 is 0.929. The number of carbonyl (C=O) groups is 3. The number of anilines is 1. The van der Waals surface area contributed by atoms with Gasteiger partial charge in [0.2, 0.25) is 0 Å². The highest BCUT2D eigenvalue weighted by Crippen LogP contribution is 2.30. The summed E-state index contributed by atoms with van der Waals surface area (Å²) < 4.78 is 10.1. The minimum absolute atomic E-state index is 0.0942. The zero-order valence-electron chi connectivity index (χ0n) is 15.5. The number of amides is 2. The van der Waals surface area contributed by atoms with Crippen LogP contribution in [0.1, 0.15) is 22.8 Å². The van der Waals surface area contributed by atoms with Gasteiger partial charge in [-0.2, -0.15) is 0 Å². The molecule has 1 aliphatic rings. The van der Waals surface area contributed by atoms with E-state index in [0.29, 0.717) is 17.7 Å². The molecule has 2 aromatic carbocycles. The zero-order chi connectivity index (χ0) is 20.1. The molecule has 1 saturated heterocycles. The molecule has 2 aromatic rings. The number of esters is 1. The molecule has 0 saturated carbocycles. The molecule has 0 unspecified atom stereocenters. The maximum atomic E-state index is 12.7. The van der Waals surface area contributed by atoms with Crippen LogP contribution in [0.3, 0.4) is 0 Å². The Morgan fingerprint density at radius 2 is 1.93 bits per heavy atom. The second-order valence-corrected chi connectivity index (χ2v) is 7.04. The Hall–Kier alpha value is -3.00. The van der Waals surface area contributed by atoms with Gasteiger partial charge in [-0.3, -0.25) is 14.5 Å². The molecule has 7 nitrogen and oxygen atoms in total. The van der Waals surface area contributed by atoms with Gasteiger partial charge in [-0.15, -0.1) is 0 Å². The molecule has 1 atom stereocenters. The molecule has 3 rings (SSSR count). The minimum atomic E-state index is -0.700. The van der Waals surface area contributed by atoms with Crippen LogP contribution >= 0.6 is 11.8 Å². The van der Waals surface area contributed by atoms with Crippen LogP contribution < -0.4 is 10.1 Å². The Bertz CT molecular complexity index is 884. The van der Waals surface area contributed by atoms with Gasteiger partial charge < -0.3 is 14.8 Å². The lowest BCUT2D eigenvalue weighted by molar-refractivity contribution is -0.126. The van der Waals surface area contributed by atoms with Crippen LogP contribution in [0.5, 0.6) is 5.75 Å².